The van der Waals surface area contributed by atoms with Gasteiger partial charge in [-0.3, -0.25) is 14.8 Å². The van der Waals surface area contributed by atoms with E-state index in [1.165, 1.54) is 6.92 Å². The Morgan fingerprint density at radius 1 is 1.29 bits per heavy atom. The Balaban J connectivity index is 2.36. The summed E-state index contributed by atoms with van der Waals surface area (Å²) in [6.45, 7) is 1.30. The van der Waals surface area contributed by atoms with E-state index < -0.39 is 36.6 Å². The van der Waals surface area contributed by atoms with Crippen LogP contribution in [0.1, 0.15) is 11.1 Å². The van der Waals surface area contributed by atoms with Gasteiger partial charge in [-0.2, -0.15) is 13.2 Å². The van der Waals surface area contributed by atoms with Crippen molar-refractivity contribution >= 4 is 44.3 Å². The highest BCUT2D eigenvalue weighted by Crippen LogP contribution is 2.37. The molecule has 0 spiro atoms. The monoisotopic (exact) mass is 400 g/mol. The number of anilines is 1. The highest BCUT2D eigenvalue weighted by molar-refractivity contribution is 7.94. The highest BCUT2D eigenvalue weighted by Gasteiger charge is 2.31. The minimum absolute atomic E-state index is 0.0468. The van der Waals surface area contributed by atoms with Crippen molar-refractivity contribution < 1.29 is 26.5 Å². The molecule has 130 valence electrons. The summed E-state index contributed by atoms with van der Waals surface area (Å²) in [4.78, 5) is 9.88. The number of thiophene rings is 1. The van der Waals surface area contributed by atoms with E-state index in [9.17, 15) is 31.7 Å². The molecule has 24 heavy (non-hydrogen) atoms. The average Bonchev–Trinajstić information content (AvgIpc) is 2.83. The van der Waals surface area contributed by atoms with Crippen LogP contribution < -0.4 is 4.72 Å². The van der Waals surface area contributed by atoms with Crippen LogP contribution in [0.3, 0.4) is 0 Å². The molecule has 2 rings (SSSR count). The molecular formula is C12H8ClF3N2O4S2. The van der Waals surface area contributed by atoms with Crippen molar-refractivity contribution in [1.82, 2.24) is 0 Å². The van der Waals surface area contributed by atoms with Crippen molar-refractivity contribution in [2.75, 3.05) is 4.72 Å². The first-order chi connectivity index (χ1) is 10.9. The molecule has 1 heterocycles. The molecule has 0 saturated heterocycles. The number of rotatable bonds is 4. The van der Waals surface area contributed by atoms with Crippen LogP contribution in [0.4, 0.5) is 24.5 Å². The minimum Gasteiger partial charge on any atom is -0.279 e. The number of sulfonamides is 1. The lowest BCUT2D eigenvalue weighted by Gasteiger charge is -2.12. The Labute approximate surface area is 143 Å². The van der Waals surface area contributed by atoms with Gasteiger partial charge in [0.25, 0.3) is 15.7 Å². The molecule has 6 nitrogen and oxygen atoms in total. The quantitative estimate of drug-likeness (QED) is 0.607. The van der Waals surface area contributed by atoms with Crippen LogP contribution in [-0.2, 0) is 16.2 Å². The van der Waals surface area contributed by atoms with E-state index >= 15 is 0 Å². The lowest BCUT2D eigenvalue weighted by Crippen LogP contribution is -2.13. The minimum atomic E-state index is -4.55. The molecule has 1 aromatic carbocycles. The number of alkyl halides is 3. The molecule has 0 aliphatic carbocycles. The van der Waals surface area contributed by atoms with Gasteiger partial charge in [-0.1, -0.05) is 11.6 Å². The molecular weight excluding hydrogens is 393 g/mol. The van der Waals surface area contributed by atoms with E-state index in [-0.39, 0.29) is 15.6 Å². The molecule has 0 fully saturated rings. The maximum atomic E-state index is 12.6. The molecule has 1 aromatic heterocycles. The predicted molar refractivity (Wildman–Crippen MR) is 83.0 cm³/mol. The van der Waals surface area contributed by atoms with Gasteiger partial charge in [0.15, 0.2) is 4.34 Å². The van der Waals surface area contributed by atoms with Crippen molar-refractivity contribution in [2.24, 2.45) is 0 Å². The largest absolute Gasteiger partial charge is 0.416 e. The first-order valence-electron chi connectivity index (χ1n) is 6.06. The van der Waals surface area contributed by atoms with Crippen LogP contribution >= 0.6 is 22.9 Å². The Kier molecular flexibility index (Phi) is 4.79. The third-order valence-corrected chi connectivity index (χ3v) is 6.08. The van der Waals surface area contributed by atoms with E-state index in [1.54, 1.807) is 0 Å². The smallest absolute Gasteiger partial charge is 0.279 e. The third-order valence-electron chi connectivity index (χ3n) is 2.91. The zero-order chi connectivity index (χ0) is 18.3. The van der Waals surface area contributed by atoms with Crippen molar-refractivity contribution in [1.29, 1.82) is 0 Å². The fourth-order valence-corrected chi connectivity index (χ4v) is 4.54. The van der Waals surface area contributed by atoms with Gasteiger partial charge in [-0.25, -0.2) is 8.42 Å². The van der Waals surface area contributed by atoms with Crippen LogP contribution in [0.25, 0.3) is 0 Å². The SMILES string of the molecule is Cc1cc(C(F)(F)F)ccc1NS(=O)(=O)c1cc([N+](=O)[O-])c(Cl)s1. The van der Waals surface area contributed by atoms with Crippen molar-refractivity contribution in [3.8, 4) is 0 Å². The number of aryl methyl sites for hydroxylation is 1. The highest BCUT2D eigenvalue weighted by atomic mass is 35.5. The standard InChI is InChI=1S/C12H8ClF3N2O4S2/c1-6-4-7(12(14,15)16)2-3-8(6)17-24(21,22)10-5-9(18(19)20)11(13)23-10/h2-5,17H,1H3. The molecule has 2 aromatic rings. The topological polar surface area (TPSA) is 89.3 Å². The summed E-state index contributed by atoms with van der Waals surface area (Å²) in [5, 5.41) is 10.7. The van der Waals surface area contributed by atoms with Gasteiger partial charge < -0.3 is 0 Å². The van der Waals surface area contributed by atoms with E-state index in [0.717, 1.165) is 24.3 Å². The van der Waals surface area contributed by atoms with E-state index in [0.29, 0.717) is 11.3 Å². The second kappa shape index (κ2) is 6.22. The summed E-state index contributed by atoms with van der Waals surface area (Å²) >= 11 is 6.09. The number of nitro groups is 1. The van der Waals surface area contributed by atoms with Gasteiger partial charge >= 0.3 is 6.18 Å². The molecule has 12 heteroatoms. The Morgan fingerprint density at radius 3 is 2.38 bits per heavy atom. The van der Waals surface area contributed by atoms with Crippen LogP contribution in [0.5, 0.6) is 0 Å². The van der Waals surface area contributed by atoms with Crippen molar-refractivity contribution in [3.63, 3.8) is 0 Å². The van der Waals surface area contributed by atoms with Gasteiger partial charge in [0.2, 0.25) is 0 Å². The van der Waals surface area contributed by atoms with Gasteiger partial charge in [0.05, 0.1) is 16.2 Å². The summed E-state index contributed by atoms with van der Waals surface area (Å²) in [5.41, 5.74) is -1.51. The Hall–Kier alpha value is -1.85. The maximum Gasteiger partial charge on any atom is 0.416 e. The summed E-state index contributed by atoms with van der Waals surface area (Å²) < 4.78 is 63.6. The number of nitrogens with one attached hydrogen (secondary N) is 1. The van der Waals surface area contributed by atoms with E-state index in [1.807, 2.05) is 0 Å². The fourth-order valence-electron chi connectivity index (χ4n) is 1.74. The lowest BCUT2D eigenvalue weighted by molar-refractivity contribution is -0.384. The number of halogens is 4. The van der Waals surface area contributed by atoms with Crippen LogP contribution in [0, 0.1) is 17.0 Å². The molecule has 0 aliphatic rings. The Morgan fingerprint density at radius 2 is 1.92 bits per heavy atom. The van der Waals surface area contributed by atoms with Crippen molar-refractivity contribution in [3.05, 3.63) is 49.8 Å². The summed E-state index contributed by atoms with van der Waals surface area (Å²) in [5.74, 6) is 0. The number of nitrogens with zero attached hydrogens (tertiary/aromatic N) is 1. The van der Waals surface area contributed by atoms with Gasteiger partial charge in [-0.15, -0.1) is 11.3 Å². The van der Waals surface area contributed by atoms with Crippen LogP contribution in [0.2, 0.25) is 4.34 Å². The number of hydrogen-bond acceptors (Lipinski definition) is 5. The molecule has 0 radical (unpaired) electrons. The molecule has 0 atom stereocenters. The molecule has 0 aliphatic heterocycles. The molecule has 0 unspecified atom stereocenters. The summed E-state index contributed by atoms with van der Waals surface area (Å²) in [7, 11) is -4.22. The average molecular weight is 401 g/mol. The number of hydrogen-bond donors (Lipinski definition) is 1. The molecule has 0 bridgehead atoms. The number of benzene rings is 1. The Bertz CT molecular complexity index is 910. The predicted octanol–water partition coefficient (Wildman–Crippen LogP) is 4.44. The summed E-state index contributed by atoms with van der Waals surface area (Å²) in [6.07, 6.45) is -4.55. The zero-order valence-electron chi connectivity index (χ0n) is 11.7. The fraction of sp³-hybridized carbons (Fsp3) is 0.167. The first-order valence-corrected chi connectivity index (χ1v) is 8.74. The second-order valence-corrected chi connectivity index (χ2v) is 8.18. The molecule has 1 N–H and O–H groups in total. The first kappa shape index (κ1) is 18.5. The lowest BCUT2D eigenvalue weighted by atomic mass is 10.1. The van der Waals surface area contributed by atoms with Gasteiger partial charge in [0.1, 0.15) is 4.21 Å². The van der Waals surface area contributed by atoms with Crippen LogP contribution in [-0.4, -0.2) is 13.3 Å². The molecule has 0 amide bonds. The van der Waals surface area contributed by atoms with Gasteiger partial charge in [0, 0.05) is 6.07 Å². The molecule has 0 saturated carbocycles. The normalized spacial score (nSPS) is 12.2. The summed E-state index contributed by atoms with van der Waals surface area (Å²) in [6, 6.07) is 3.28. The second-order valence-electron chi connectivity index (χ2n) is 4.61. The van der Waals surface area contributed by atoms with Crippen molar-refractivity contribution in [2.45, 2.75) is 17.3 Å². The van der Waals surface area contributed by atoms with Gasteiger partial charge in [-0.05, 0) is 30.7 Å². The van der Waals surface area contributed by atoms with E-state index in [4.69, 9.17) is 11.6 Å². The van der Waals surface area contributed by atoms with E-state index in [2.05, 4.69) is 4.72 Å². The maximum absolute atomic E-state index is 12.6. The van der Waals surface area contributed by atoms with Crippen LogP contribution in [0.15, 0.2) is 28.5 Å². The zero-order valence-corrected chi connectivity index (χ0v) is 14.1. The third kappa shape index (κ3) is 3.79.